The third kappa shape index (κ3) is 2.57. The summed E-state index contributed by atoms with van der Waals surface area (Å²) in [5.41, 5.74) is 10.5. The van der Waals surface area contributed by atoms with E-state index in [1.54, 1.807) is 23.7 Å². The van der Waals surface area contributed by atoms with Gasteiger partial charge in [0.25, 0.3) is 5.56 Å². The van der Waals surface area contributed by atoms with Gasteiger partial charge in [-0.3, -0.25) is 9.36 Å². The number of halogens is 1. The van der Waals surface area contributed by atoms with Crippen molar-refractivity contribution in [1.82, 2.24) is 9.55 Å². The summed E-state index contributed by atoms with van der Waals surface area (Å²) in [6.07, 6.45) is 0. The topological polar surface area (TPSA) is 64.2 Å². The lowest BCUT2D eigenvalue weighted by molar-refractivity contribution is 0.626. The number of hydrogen-bond donors (Lipinski definition) is 1. The molecule has 2 heterocycles. The minimum absolute atomic E-state index is 0.0993. The molecule has 5 nitrogen and oxygen atoms in total. The number of hydrogen-bond acceptors (Lipinski definition) is 4. The van der Waals surface area contributed by atoms with Crippen LogP contribution in [0.15, 0.2) is 35.1 Å². The molecule has 134 valence electrons. The molecule has 6 heteroatoms. The van der Waals surface area contributed by atoms with E-state index in [-0.39, 0.29) is 17.4 Å². The summed E-state index contributed by atoms with van der Waals surface area (Å²) in [5.74, 6) is 0.325. The summed E-state index contributed by atoms with van der Waals surface area (Å²) in [7, 11) is 1.72. The van der Waals surface area contributed by atoms with Crippen LogP contribution in [0.5, 0.6) is 0 Å². The lowest BCUT2D eigenvalue weighted by atomic mass is 10.0. The third-order valence-corrected chi connectivity index (χ3v) is 4.99. The molecule has 0 amide bonds. The van der Waals surface area contributed by atoms with Crippen LogP contribution in [0.3, 0.4) is 0 Å². The van der Waals surface area contributed by atoms with E-state index in [0.717, 1.165) is 22.3 Å². The fourth-order valence-corrected chi connectivity index (χ4v) is 3.68. The van der Waals surface area contributed by atoms with Crippen LogP contribution in [0.4, 0.5) is 10.3 Å². The molecule has 0 bridgehead atoms. The van der Waals surface area contributed by atoms with E-state index in [9.17, 15) is 9.18 Å². The molecule has 0 spiro atoms. The van der Waals surface area contributed by atoms with Crippen LogP contribution in [0, 0.1) is 12.7 Å². The molecular formula is C20H21FN4O. The molecule has 1 atom stereocenters. The van der Waals surface area contributed by atoms with Gasteiger partial charge in [-0.25, -0.2) is 9.37 Å². The fourth-order valence-electron chi connectivity index (χ4n) is 3.68. The van der Waals surface area contributed by atoms with Crippen LogP contribution >= 0.6 is 0 Å². The highest BCUT2D eigenvalue weighted by atomic mass is 19.1. The lowest BCUT2D eigenvalue weighted by Gasteiger charge is -2.21. The van der Waals surface area contributed by atoms with Crippen LogP contribution < -0.4 is 16.2 Å². The number of nitrogens with zero attached hydrogens (tertiary/aromatic N) is 3. The maximum absolute atomic E-state index is 13.5. The SMILES string of the molecule is Cc1cc(C(C)N)c2nc(N3Cc4ccc(F)cc4C3)n(C)c(=O)c2c1. The highest BCUT2D eigenvalue weighted by molar-refractivity contribution is 5.83. The Bertz CT molecular complexity index is 1090. The molecule has 2 aromatic carbocycles. The van der Waals surface area contributed by atoms with Crippen molar-refractivity contribution in [3.63, 3.8) is 0 Å². The van der Waals surface area contributed by atoms with Crippen molar-refractivity contribution < 1.29 is 4.39 Å². The number of nitrogens with two attached hydrogens (primary N) is 1. The molecule has 0 aliphatic carbocycles. The molecule has 1 aromatic heterocycles. The van der Waals surface area contributed by atoms with Crippen LogP contribution in [0.2, 0.25) is 0 Å². The van der Waals surface area contributed by atoms with Gasteiger partial charge in [-0.15, -0.1) is 0 Å². The Morgan fingerprint density at radius 2 is 1.92 bits per heavy atom. The fraction of sp³-hybridized carbons (Fsp3) is 0.300. The molecule has 1 unspecified atom stereocenters. The number of aryl methyl sites for hydroxylation is 1. The molecule has 26 heavy (non-hydrogen) atoms. The number of rotatable bonds is 2. The molecule has 1 aliphatic heterocycles. The summed E-state index contributed by atoms with van der Waals surface area (Å²) in [6, 6.07) is 8.42. The third-order valence-electron chi connectivity index (χ3n) is 4.99. The normalized spacial score (nSPS) is 14.7. The molecule has 0 saturated heterocycles. The first-order valence-corrected chi connectivity index (χ1v) is 8.64. The van der Waals surface area contributed by atoms with Crippen molar-refractivity contribution in [3.8, 4) is 0 Å². The van der Waals surface area contributed by atoms with E-state index in [0.29, 0.717) is 29.9 Å². The minimum Gasteiger partial charge on any atom is -0.333 e. The molecule has 0 fully saturated rings. The molecule has 0 radical (unpaired) electrons. The van der Waals surface area contributed by atoms with Gasteiger partial charge in [0.2, 0.25) is 5.95 Å². The first kappa shape index (κ1) is 16.7. The average Bonchev–Trinajstić information content (AvgIpc) is 3.00. The first-order chi connectivity index (χ1) is 12.3. The summed E-state index contributed by atoms with van der Waals surface area (Å²) in [5, 5.41) is 0.575. The van der Waals surface area contributed by atoms with Crippen LogP contribution in [0.25, 0.3) is 10.9 Å². The van der Waals surface area contributed by atoms with Crippen molar-refractivity contribution in [3.05, 3.63) is 68.8 Å². The van der Waals surface area contributed by atoms with Gasteiger partial charge in [0.1, 0.15) is 5.82 Å². The Kier molecular flexibility index (Phi) is 3.80. The van der Waals surface area contributed by atoms with Gasteiger partial charge < -0.3 is 10.6 Å². The molecule has 0 saturated carbocycles. The van der Waals surface area contributed by atoms with E-state index in [2.05, 4.69) is 0 Å². The van der Waals surface area contributed by atoms with E-state index in [1.807, 2.05) is 30.9 Å². The zero-order chi connectivity index (χ0) is 18.6. The van der Waals surface area contributed by atoms with Crippen molar-refractivity contribution >= 4 is 16.9 Å². The second-order valence-corrected chi connectivity index (χ2v) is 7.08. The molecule has 1 aliphatic rings. The number of benzene rings is 2. The molecule has 4 rings (SSSR count). The smallest absolute Gasteiger partial charge is 0.262 e. The van der Waals surface area contributed by atoms with Gasteiger partial charge in [0.05, 0.1) is 10.9 Å². The Morgan fingerprint density at radius 3 is 2.65 bits per heavy atom. The van der Waals surface area contributed by atoms with Crippen molar-refractivity contribution in [2.24, 2.45) is 12.8 Å². The zero-order valence-corrected chi connectivity index (χ0v) is 15.1. The van der Waals surface area contributed by atoms with Crippen molar-refractivity contribution in [2.75, 3.05) is 4.90 Å². The van der Waals surface area contributed by atoms with Gasteiger partial charge >= 0.3 is 0 Å². The van der Waals surface area contributed by atoms with Crippen LogP contribution in [-0.2, 0) is 20.1 Å². The Morgan fingerprint density at radius 1 is 1.19 bits per heavy atom. The first-order valence-electron chi connectivity index (χ1n) is 8.64. The average molecular weight is 352 g/mol. The van der Waals surface area contributed by atoms with Crippen LogP contribution in [-0.4, -0.2) is 9.55 Å². The highest BCUT2D eigenvalue weighted by Crippen LogP contribution is 2.29. The summed E-state index contributed by atoms with van der Waals surface area (Å²) in [4.78, 5) is 19.8. The van der Waals surface area contributed by atoms with Crippen molar-refractivity contribution in [1.29, 1.82) is 0 Å². The number of fused-ring (bicyclic) bond motifs is 2. The van der Waals surface area contributed by atoms with E-state index >= 15 is 0 Å². The maximum Gasteiger partial charge on any atom is 0.262 e. The molecular weight excluding hydrogens is 331 g/mol. The van der Waals surface area contributed by atoms with Crippen LogP contribution in [0.1, 0.15) is 35.2 Å². The second kappa shape index (κ2) is 5.92. The van der Waals surface area contributed by atoms with E-state index in [1.165, 1.54) is 6.07 Å². The summed E-state index contributed by atoms with van der Waals surface area (Å²) < 4.78 is 15.1. The van der Waals surface area contributed by atoms with Gasteiger partial charge in [-0.1, -0.05) is 12.1 Å². The maximum atomic E-state index is 13.5. The monoisotopic (exact) mass is 352 g/mol. The van der Waals surface area contributed by atoms with E-state index in [4.69, 9.17) is 10.7 Å². The molecule has 2 N–H and O–H groups in total. The largest absolute Gasteiger partial charge is 0.333 e. The highest BCUT2D eigenvalue weighted by Gasteiger charge is 2.24. The molecule has 3 aromatic rings. The summed E-state index contributed by atoms with van der Waals surface area (Å²) in [6.45, 7) is 4.96. The van der Waals surface area contributed by atoms with Gasteiger partial charge in [-0.2, -0.15) is 0 Å². The lowest BCUT2D eigenvalue weighted by Crippen LogP contribution is -2.28. The minimum atomic E-state index is -0.249. The van der Waals surface area contributed by atoms with Gasteiger partial charge in [0.15, 0.2) is 0 Å². The standard InChI is InChI=1S/C20H21FN4O/c1-11-6-16(12(2)22)18-17(7-11)19(26)24(3)20(23-18)25-9-13-4-5-15(21)8-14(13)10-25/h4-8,12H,9-10,22H2,1-3H3. The Hall–Kier alpha value is -2.73. The Balaban J connectivity index is 1.89. The quantitative estimate of drug-likeness (QED) is 0.770. The number of aromatic nitrogens is 2. The van der Waals surface area contributed by atoms with Gasteiger partial charge in [-0.05, 0) is 54.3 Å². The number of anilines is 1. The zero-order valence-electron chi connectivity index (χ0n) is 15.1. The van der Waals surface area contributed by atoms with Crippen molar-refractivity contribution in [2.45, 2.75) is 33.0 Å². The predicted molar refractivity (Wildman–Crippen MR) is 101 cm³/mol. The predicted octanol–water partition coefficient (Wildman–Crippen LogP) is 2.92. The summed E-state index contributed by atoms with van der Waals surface area (Å²) >= 11 is 0. The Labute approximate surface area is 150 Å². The second-order valence-electron chi connectivity index (χ2n) is 7.08. The van der Waals surface area contributed by atoms with Gasteiger partial charge in [0, 0.05) is 26.2 Å². The van der Waals surface area contributed by atoms with E-state index < -0.39 is 0 Å².